The molecule has 5 aromatic heterocycles. The zero-order chi connectivity index (χ0) is 32.6. The van der Waals surface area contributed by atoms with Crippen LogP contribution in [0.5, 0.6) is 0 Å². The number of anilines is 3. The van der Waals surface area contributed by atoms with Gasteiger partial charge in [0, 0.05) is 14.1 Å². The normalized spacial score (nSPS) is 11.6. The van der Waals surface area contributed by atoms with Crippen molar-refractivity contribution in [3.63, 3.8) is 0 Å². The number of esters is 2. The minimum Gasteiger partial charge on any atom is -0.465 e. The van der Waals surface area contributed by atoms with Crippen LogP contribution in [0, 0.1) is 13.8 Å². The summed E-state index contributed by atoms with van der Waals surface area (Å²) < 4.78 is 14.6. The van der Waals surface area contributed by atoms with E-state index in [1.54, 1.807) is 27.9 Å². The summed E-state index contributed by atoms with van der Waals surface area (Å²) in [6.45, 7) is 3.27. The van der Waals surface area contributed by atoms with E-state index in [4.69, 9.17) is 26.7 Å². The SMILES string of the molecule is COC(=O)c1cnn(C)c1/N=N/c1c(C)nn(-c2nc(N)nc(-n3nc(C)c(/N=N/c4c(C(=O)OC)cnn4C)c3N)n2)c1N. The van der Waals surface area contributed by atoms with Gasteiger partial charge in [-0.1, -0.05) is 0 Å². The largest absolute Gasteiger partial charge is 0.465 e. The first-order chi connectivity index (χ1) is 21.4. The van der Waals surface area contributed by atoms with Gasteiger partial charge in [-0.25, -0.2) is 19.0 Å². The van der Waals surface area contributed by atoms with Crippen molar-refractivity contribution in [2.75, 3.05) is 31.4 Å². The highest BCUT2D eigenvalue weighted by Crippen LogP contribution is 2.33. The van der Waals surface area contributed by atoms with E-state index in [0.29, 0.717) is 11.4 Å². The number of aryl methyl sites for hydroxylation is 4. The molecule has 0 aliphatic carbocycles. The Kier molecular flexibility index (Phi) is 7.69. The van der Waals surface area contributed by atoms with Crippen LogP contribution in [0.15, 0.2) is 32.9 Å². The van der Waals surface area contributed by atoms with E-state index in [1.807, 2.05) is 0 Å². The van der Waals surface area contributed by atoms with Crippen molar-refractivity contribution in [3.05, 3.63) is 34.9 Å². The number of aromatic nitrogens is 11. The first-order valence-electron chi connectivity index (χ1n) is 12.7. The number of carbonyl (C=O) groups is 2. The maximum atomic E-state index is 12.1. The molecule has 45 heavy (non-hydrogen) atoms. The average Bonchev–Trinajstić information content (AvgIpc) is 3.73. The maximum absolute atomic E-state index is 12.1. The third-order valence-corrected chi connectivity index (χ3v) is 6.25. The highest BCUT2D eigenvalue weighted by atomic mass is 16.5. The number of hydrogen-bond acceptors (Lipinski definition) is 18. The lowest BCUT2D eigenvalue weighted by Crippen LogP contribution is -2.15. The minimum absolute atomic E-state index is 0.00582. The van der Waals surface area contributed by atoms with Gasteiger partial charge in [-0.2, -0.15) is 44.7 Å². The molecule has 0 atom stereocenters. The Morgan fingerprint density at radius 3 is 1.47 bits per heavy atom. The summed E-state index contributed by atoms with van der Waals surface area (Å²) in [5.74, 6) is -1.33. The van der Waals surface area contributed by atoms with Crippen molar-refractivity contribution in [1.29, 1.82) is 0 Å². The number of carbonyl (C=O) groups excluding carboxylic acids is 2. The number of azo groups is 2. The number of ether oxygens (including phenoxy) is 2. The van der Waals surface area contributed by atoms with Crippen LogP contribution >= 0.6 is 0 Å². The lowest BCUT2D eigenvalue weighted by Gasteiger charge is -2.07. The van der Waals surface area contributed by atoms with Crippen molar-refractivity contribution in [2.24, 2.45) is 34.6 Å². The summed E-state index contributed by atoms with van der Waals surface area (Å²) in [5.41, 5.74) is 20.0. The van der Waals surface area contributed by atoms with Crippen LogP contribution in [-0.4, -0.2) is 80.2 Å². The van der Waals surface area contributed by atoms with Gasteiger partial charge in [0.2, 0.25) is 5.95 Å². The van der Waals surface area contributed by atoms with Gasteiger partial charge in [-0.3, -0.25) is 0 Å². The number of nitrogens with zero attached hydrogens (tertiary/aromatic N) is 15. The molecular weight excluding hydrogens is 592 g/mol. The zero-order valence-electron chi connectivity index (χ0n) is 24.7. The first-order valence-corrected chi connectivity index (χ1v) is 12.7. The fourth-order valence-corrected chi connectivity index (χ4v) is 3.99. The van der Waals surface area contributed by atoms with E-state index in [0.717, 1.165) is 0 Å². The van der Waals surface area contributed by atoms with Gasteiger partial charge in [0.15, 0.2) is 34.6 Å². The van der Waals surface area contributed by atoms with E-state index in [1.165, 1.54) is 45.3 Å². The molecule has 22 nitrogen and oxygen atoms in total. The van der Waals surface area contributed by atoms with Gasteiger partial charge in [0.25, 0.3) is 11.9 Å². The van der Waals surface area contributed by atoms with Crippen LogP contribution in [0.3, 0.4) is 0 Å². The quantitative estimate of drug-likeness (QED) is 0.164. The van der Waals surface area contributed by atoms with Gasteiger partial charge in [-0.05, 0) is 13.8 Å². The van der Waals surface area contributed by atoms with Crippen LogP contribution in [0.2, 0.25) is 0 Å². The molecule has 0 saturated heterocycles. The molecule has 232 valence electrons. The lowest BCUT2D eigenvalue weighted by molar-refractivity contribution is 0.0592. The predicted octanol–water partition coefficient (Wildman–Crippen LogP) is 1.48. The fourth-order valence-electron chi connectivity index (χ4n) is 3.99. The second kappa shape index (κ2) is 11.6. The Balaban J connectivity index is 1.50. The van der Waals surface area contributed by atoms with Crippen molar-refractivity contribution < 1.29 is 19.1 Å². The molecule has 0 unspecified atom stereocenters. The van der Waals surface area contributed by atoms with Gasteiger partial charge >= 0.3 is 11.9 Å². The third kappa shape index (κ3) is 5.37. The second-order valence-corrected chi connectivity index (χ2v) is 9.15. The van der Waals surface area contributed by atoms with Gasteiger partial charge in [0.1, 0.15) is 11.1 Å². The van der Waals surface area contributed by atoms with E-state index in [9.17, 15) is 9.59 Å². The van der Waals surface area contributed by atoms with Gasteiger partial charge in [0.05, 0.1) is 38.0 Å². The minimum atomic E-state index is -0.633. The summed E-state index contributed by atoms with van der Waals surface area (Å²) in [5, 5.41) is 33.4. The maximum Gasteiger partial charge on any atom is 0.343 e. The topological polar surface area (TPSA) is 290 Å². The lowest BCUT2D eigenvalue weighted by atomic mass is 10.3. The van der Waals surface area contributed by atoms with Crippen molar-refractivity contribution in [3.8, 4) is 11.9 Å². The van der Waals surface area contributed by atoms with Crippen molar-refractivity contribution >= 4 is 52.5 Å². The van der Waals surface area contributed by atoms with Gasteiger partial charge in [-0.15, -0.1) is 20.5 Å². The fraction of sp³-hybridized carbons (Fsp3) is 0.261. The van der Waals surface area contributed by atoms with E-state index < -0.39 is 11.9 Å². The summed E-state index contributed by atoms with van der Waals surface area (Å²) in [6.07, 6.45) is 2.62. The number of nitrogens with two attached hydrogens (primary N) is 3. The Bertz CT molecular complexity index is 1870. The molecule has 22 heteroatoms. The molecule has 0 aliphatic heterocycles. The van der Waals surface area contributed by atoms with Crippen LogP contribution in [-0.2, 0) is 23.6 Å². The summed E-state index contributed by atoms with van der Waals surface area (Å²) in [6, 6.07) is 0. The molecular formula is C23H26N18O4. The predicted molar refractivity (Wildman–Crippen MR) is 154 cm³/mol. The molecule has 5 aromatic rings. The molecule has 0 bridgehead atoms. The third-order valence-electron chi connectivity index (χ3n) is 6.25. The molecule has 0 amide bonds. The van der Waals surface area contributed by atoms with Crippen LogP contribution < -0.4 is 17.2 Å². The van der Waals surface area contributed by atoms with Crippen LogP contribution in [0.4, 0.5) is 40.6 Å². The average molecular weight is 619 g/mol. The monoisotopic (exact) mass is 618 g/mol. The smallest absolute Gasteiger partial charge is 0.343 e. The highest BCUT2D eigenvalue weighted by molar-refractivity contribution is 5.94. The number of hydrogen-bond donors (Lipinski definition) is 3. The van der Waals surface area contributed by atoms with E-state index in [-0.39, 0.29) is 63.6 Å². The van der Waals surface area contributed by atoms with Crippen molar-refractivity contribution in [1.82, 2.24) is 54.1 Å². The number of rotatable bonds is 8. The molecule has 0 spiro atoms. The van der Waals surface area contributed by atoms with Crippen LogP contribution in [0.25, 0.3) is 11.9 Å². The molecule has 0 radical (unpaired) electrons. The van der Waals surface area contributed by atoms with E-state index in [2.05, 4.69) is 55.8 Å². The number of nitrogen functional groups attached to an aromatic ring is 3. The molecule has 0 aromatic carbocycles. The first kappa shape index (κ1) is 29.9. The Morgan fingerprint density at radius 2 is 1.09 bits per heavy atom. The molecule has 0 aliphatic rings. The number of methoxy groups -OCH3 is 2. The molecule has 5 heterocycles. The summed E-state index contributed by atoms with van der Waals surface area (Å²) >= 11 is 0. The molecule has 6 N–H and O–H groups in total. The van der Waals surface area contributed by atoms with Crippen LogP contribution in [0.1, 0.15) is 32.1 Å². The van der Waals surface area contributed by atoms with Gasteiger partial charge < -0.3 is 26.7 Å². The van der Waals surface area contributed by atoms with Crippen molar-refractivity contribution in [2.45, 2.75) is 13.8 Å². The van der Waals surface area contributed by atoms with E-state index >= 15 is 0 Å². The summed E-state index contributed by atoms with van der Waals surface area (Å²) in [4.78, 5) is 36.8. The Labute approximate surface area is 252 Å². The zero-order valence-corrected chi connectivity index (χ0v) is 24.7. The summed E-state index contributed by atoms with van der Waals surface area (Å²) in [7, 11) is 5.66. The molecule has 0 fully saturated rings. The highest BCUT2D eigenvalue weighted by Gasteiger charge is 2.23. The molecule has 0 saturated carbocycles. The molecule has 5 rings (SSSR count). The second-order valence-electron chi connectivity index (χ2n) is 9.15. The Hall–Kier alpha value is -6.61. The standard InChI is InChI=1S/C23H26N18O4/c1-9-13(32-34-17-11(19(42)44-5)7-27-38(17)3)15(24)40(36-9)22-29-21(26)30-23(31-22)41-16(25)14(10(2)37-41)33-35-18-12(20(43)45-6)8-28-39(18)4/h7-8H,24-25H2,1-6H3,(H2,26,29,30,31)/b34-32+,35-33+. The Morgan fingerprint density at radius 1 is 0.689 bits per heavy atom.